The molecule has 8 heteroatoms. The number of furan rings is 1. The molecule has 0 unspecified atom stereocenters. The molecule has 0 atom stereocenters. The van der Waals surface area contributed by atoms with Gasteiger partial charge < -0.3 is 23.7 Å². The molecule has 0 radical (unpaired) electrons. The van der Waals surface area contributed by atoms with Crippen molar-refractivity contribution in [1.82, 2.24) is 5.16 Å². The van der Waals surface area contributed by atoms with Crippen molar-refractivity contribution in [3.05, 3.63) is 65.8 Å². The van der Waals surface area contributed by atoms with Crippen LogP contribution in [0.1, 0.15) is 22.1 Å². The van der Waals surface area contributed by atoms with Crippen molar-refractivity contribution in [3.8, 4) is 5.75 Å². The quantitative estimate of drug-likeness (QED) is 0.649. The largest absolute Gasteiger partial charge is 0.486 e. The molecule has 0 fully saturated rings. The Labute approximate surface area is 148 Å². The summed E-state index contributed by atoms with van der Waals surface area (Å²) >= 11 is 0. The lowest BCUT2D eigenvalue weighted by molar-refractivity contribution is -0.119. The second-order valence-electron chi connectivity index (χ2n) is 5.31. The molecule has 8 nitrogen and oxygen atoms in total. The molecule has 0 saturated carbocycles. The van der Waals surface area contributed by atoms with E-state index in [1.807, 2.05) is 30.3 Å². The first-order chi connectivity index (χ1) is 12.6. The first-order valence-electron chi connectivity index (χ1n) is 7.77. The van der Waals surface area contributed by atoms with Crippen molar-refractivity contribution in [2.75, 3.05) is 11.9 Å². The second-order valence-corrected chi connectivity index (χ2v) is 5.31. The zero-order chi connectivity index (χ0) is 18.4. The summed E-state index contributed by atoms with van der Waals surface area (Å²) in [5.41, 5.74) is 0. The van der Waals surface area contributed by atoms with Gasteiger partial charge in [0.25, 0.3) is 5.91 Å². The molecule has 3 rings (SSSR count). The van der Waals surface area contributed by atoms with E-state index in [1.54, 1.807) is 19.1 Å². The van der Waals surface area contributed by atoms with Crippen LogP contribution < -0.4 is 10.1 Å². The number of benzene rings is 1. The van der Waals surface area contributed by atoms with E-state index >= 15 is 0 Å². The average molecular weight is 356 g/mol. The monoisotopic (exact) mass is 356 g/mol. The highest BCUT2D eigenvalue weighted by Crippen LogP contribution is 2.14. The first-order valence-corrected chi connectivity index (χ1v) is 7.77. The maximum absolute atomic E-state index is 11.9. The molecule has 0 spiro atoms. The van der Waals surface area contributed by atoms with Gasteiger partial charge in [0.2, 0.25) is 5.76 Å². The van der Waals surface area contributed by atoms with Gasteiger partial charge in [-0.2, -0.15) is 0 Å². The zero-order valence-electron chi connectivity index (χ0n) is 13.9. The molecule has 1 aromatic carbocycles. The van der Waals surface area contributed by atoms with E-state index < -0.39 is 18.5 Å². The summed E-state index contributed by atoms with van der Waals surface area (Å²) in [6, 6.07) is 13.8. The SMILES string of the molecule is Cc1cc(NC(=O)COC(=O)c2ccc(COc3ccccc3)o2)no1. The summed E-state index contributed by atoms with van der Waals surface area (Å²) in [6.07, 6.45) is 0. The Morgan fingerprint density at radius 2 is 1.96 bits per heavy atom. The fraction of sp³-hybridized carbons (Fsp3) is 0.167. The molecule has 134 valence electrons. The van der Waals surface area contributed by atoms with Crippen LogP contribution in [-0.4, -0.2) is 23.6 Å². The van der Waals surface area contributed by atoms with Gasteiger partial charge in [0.15, 0.2) is 12.4 Å². The van der Waals surface area contributed by atoms with Crippen LogP contribution in [0, 0.1) is 6.92 Å². The lowest BCUT2D eigenvalue weighted by Gasteiger charge is -2.04. The number of amides is 1. The van der Waals surface area contributed by atoms with Crippen molar-refractivity contribution < 1.29 is 28.0 Å². The molecule has 0 bridgehead atoms. The van der Waals surface area contributed by atoms with E-state index in [2.05, 4.69) is 10.5 Å². The summed E-state index contributed by atoms with van der Waals surface area (Å²) in [6.45, 7) is 1.39. The van der Waals surface area contributed by atoms with Crippen LogP contribution in [-0.2, 0) is 16.1 Å². The Morgan fingerprint density at radius 3 is 2.69 bits per heavy atom. The number of hydrogen-bond donors (Lipinski definition) is 1. The Balaban J connectivity index is 1.46. The van der Waals surface area contributed by atoms with Crippen molar-refractivity contribution >= 4 is 17.7 Å². The molecule has 0 aliphatic carbocycles. The number of hydrogen-bond acceptors (Lipinski definition) is 7. The minimum atomic E-state index is -0.748. The maximum atomic E-state index is 11.9. The highest BCUT2D eigenvalue weighted by molar-refractivity contribution is 5.93. The van der Waals surface area contributed by atoms with Crippen molar-refractivity contribution in [1.29, 1.82) is 0 Å². The number of rotatable bonds is 7. The lowest BCUT2D eigenvalue weighted by Crippen LogP contribution is -2.20. The van der Waals surface area contributed by atoms with E-state index in [1.165, 1.54) is 6.07 Å². The number of nitrogens with one attached hydrogen (secondary N) is 1. The van der Waals surface area contributed by atoms with Crippen molar-refractivity contribution in [2.45, 2.75) is 13.5 Å². The molecule has 2 aromatic heterocycles. The van der Waals surface area contributed by atoms with Gasteiger partial charge in [-0.1, -0.05) is 23.4 Å². The number of esters is 1. The summed E-state index contributed by atoms with van der Waals surface area (Å²) in [5.74, 6) is 0.658. The van der Waals surface area contributed by atoms with Crippen LogP contribution in [0.5, 0.6) is 5.75 Å². The van der Waals surface area contributed by atoms with Crippen molar-refractivity contribution in [2.24, 2.45) is 0 Å². The zero-order valence-corrected chi connectivity index (χ0v) is 13.9. The minimum absolute atomic E-state index is 0.0123. The Morgan fingerprint density at radius 1 is 1.15 bits per heavy atom. The summed E-state index contributed by atoms with van der Waals surface area (Å²) in [7, 11) is 0. The third-order valence-corrected chi connectivity index (χ3v) is 3.22. The predicted octanol–water partition coefficient (Wildman–Crippen LogP) is 2.95. The van der Waals surface area contributed by atoms with Gasteiger partial charge in [-0.05, 0) is 31.2 Å². The molecular weight excluding hydrogens is 340 g/mol. The summed E-state index contributed by atoms with van der Waals surface area (Å²) < 4.78 is 20.6. The standard InChI is InChI=1S/C18H16N2O6/c1-12-9-16(20-26-12)19-17(21)11-24-18(22)15-8-7-14(25-15)10-23-13-5-3-2-4-6-13/h2-9H,10-11H2,1H3,(H,19,20,21). The number of nitrogens with zero attached hydrogens (tertiary/aromatic N) is 1. The topological polar surface area (TPSA) is 104 Å². The van der Waals surface area contributed by atoms with Gasteiger partial charge in [-0.3, -0.25) is 4.79 Å². The number of aromatic nitrogens is 1. The molecule has 3 aromatic rings. The molecule has 26 heavy (non-hydrogen) atoms. The summed E-state index contributed by atoms with van der Waals surface area (Å²) in [4.78, 5) is 23.6. The second kappa shape index (κ2) is 8.02. The van der Waals surface area contributed by atoms with Crippen molar-refractivity contribution in [3.63, 3.8) is 0 Å². The Bertz CT molecular complexity index is 884. The molecule has 1 N–H and O–H groups in total. The molecule has 0 aliphatic rings. The summed E-state index contributed by atoms with van der Waals surface area (Å²) in [5, 5.41) is 6.05. The Kier molecular flexibility index (Phi) is 5.33. The van der Waals surface area contributed by atoms with Gasteiger partial charge >= 0.3 is 5.97 Å². The van der Waals surface area contributed by atoms with Gasteiger partial charge in [0, 0.05) is 6.07 Å². The van der Waals surface area contributed by atoms with Crippen LogP contribution in [0.25, 0.3) is 0 Å². The molecule has 1 amide bonds. The van der Waals surface area contributed by atoms with E-state index in [0.717, 1.165) is 0 Å². The van der Waals surface area contributed by atoms with E-state index in [9.17, 15) is 9.59 Å². The fourth-order valence-electron chi connectivity index (χ4n) is 2.04. The van der Waals surface area contributed by atoms with Gasteiger partial charge in [-0.25, -0.2) is 4.79 Å². The molecule has 2 heterocycles. The third kappa shape index (κ3) is 4.73. The van der Waals surface area contributed by atoms with Crippen LogP contribution in [0.2, 0.25) is 0 Å². The van der Waals surface area contributed by atoms with Crippen LogP contribution >= 0.6 is 0 Å². The first kappa shape index (κ1) is 17.3. The van der Waals surface area contributed by atoms with E-state index in [-0.39, 0.29) is 18.2 Å². The van der Waals surface area contributed by atoms with Gasteiger partial charge in [0.1, 0.15) is 23.9 Å². The maximum Gasteiger partial charge on any atom is 0.374 e. The minimum Gasteiger partial charge on any atom is -0.486 e. The smallest absolute Gasteiger partial charge is 0.374 e. The average Bonchev–Trinajstić information content (AvgIpc) is 3.28. The normalized spacial score (nSPS) is 10.3. The van der Waals surface area contributed by atoms with E-state index in [0.29, 0.717) is 17.3 Å². The number of carbonyl (C=O) groups is 2. The van der Waals surface area contributed by atoms with Crippen LogP contribution in [0.4, 0.5) is 5.82 Å². The van der Waals surface area contributed by atoms with E-state index in [4.69, 9.17) is 18.4 Å². The number of aryl methyl sites for hydroxylation is 1. The predicted molar refractivity (Wildman–Crippen MR) is 89.6 cm³/mol. The fourth-order valence-corrected chi connectivity index (χ4v) is 2.04. The number of para-hydroxylation sites is 1. The number of anilines is 1. The highest BCUT2D eigenvalue weighted by Gasteiger charge is 2.15. The Hall–Kier alpha value is -3.55. The highest BCUT2D eigenvalue weighted by atomic mass is 16.6. The molecule has 0 aliphatic heterocycles. The molecule has 0 saturated heterocycles. The van der Waals surface area contributed by atoms with Gasteiger partial charge in [0.05, 0.1) is 0 Å². The van der Waals surface area contributed by atoms with Crippen LogP contribution in [0.3, 0.4) is 0 Å². The molecular formula is C18H16N2O6. The number of ether oxygens (including phenoxy) is 2. The number of carbonyl (C=O) groups excluding carboxylic acids is 2. The van der Waals surface area contributed by atoms with Crippen LogP contribution in [0.15, 0.2) is 57.5 Å². The lowest BCUT2D eigenvalue weighted by atomic mass is 10.3. The third-order valence-electron chi connectivity index (χ3n) is 3.22. The van der Waals surface area contributed by atoms with Gasteiger partial charge in [-0.15, -0.1) is 0 Å².